The third-order valence-corrected chi connectivity index (χ3v) is 11.2. The lowest BCUT2D eigenvalue weighted by Crippen LogP contribution is -2.05. The van der Waals surface area contributed by atoms with E-state index in [1.54, 1.807) is 36.7 Å². The lowest BCUT2D eigenvalue weighted by atomic mass is 9.98. The van der Waals surface area contributed by atoms with E-state index in [4.69, 9.17) is 13.1 Å². The molecule has 8 heteroatoms. The number of aromatic nitrogens is 3. The summed E-state index contributed by atoms with van der Waals surface area (Å²) in [6, 6.07) is 53.9. The van der Waals surface area contributed by atoms with E-state index in [2.05, 4.69) is 90.5 Å². The number of nitriles is 3. The maximum Gasteiger partial charge on any atom is 0.196 e. The summed E-state index contributed by atoms with van der Waals surface area (Å²) in [6.07, 6.45) is 3.52. The molecule has 60 heavy (non-hydrogen) atoms. The van der Waals surface area contributed by atoms with Gasteiger partial charge in [-0.05, 0) is 112 Å². The molecule has 0 N–H and O–H groups in total. The molecule has 0 saturated carbocycles. The van der Waals surface area contributed by atoms with Gasteiger partial charge in [0.05, 0.1) is 58.7 Å². The van der Waals surface area contributed by atoms with Crippen LogP contribution in [0.25, 0.3) is 98.1 Å². The minimum Gasteiger partial charge on any atom is -0.308 e. The second-order valence-corrected chi connectivity index (χ2v) is 14.3. The molecule has 0 aliphatic heterocycles. The van der Waals surface area contributed by atoms with E-state index in [0.29, 0.717) is 39.4 Å². The van der Waals surface area contributed by atoms with Crippen molar-refractivity contribution in [2.24, 2.45) is 0 Å². The van der Waals surface area contributed by atoms with Crippen LogP contribution in [0.1, 0.15) is 16.7 Å². The molecule has 3 heterocycles. The van der Waals surface area contributed by atoms with Gasteiger partial charge in [0.2, 0.25) is 0 Å². The topological polar surface area (TPSA) is 103 Å². The highest BCUT2D eigenvalue weighted by Crippen LogP contribution is 2.43. The van der Waals surface area contributed by atoms with Crippen molar-refractivity contribution in [3.63, 3.8) is 0 Å². The standard InChI is InChI=1S/C52H26N8/c1-56-38-14-16-39(37(24-38)30-54)34-12-17-49-43(25-34)41-7-3-5-9-47(41)59(49)51-27-36(33-19-21-58-22-20-33)28-52(45(51)31-55)60-48-10-6-4-8-42(48)44-26-35(13-18-50(44)60)40-15-11-32(29-53)23-46(40)57-2/h3-28H. The average molecular weight is 763 g/mol. The van der Waals surface area contributed by atoms with Gasteiger partial charge in [-0.25, -0.2) is 9.69 Å². The summed E-state index contributed by atoms with van der Waals surface area (Å²) in [5.41, 5.74) is 12.1. The van der Waals surface area contributed by atoms with Crippen LogP contribution in [-0.2, 0) is 0 Å². The van der Waals surface area contributed by atoms with Crippen molar-refractivity contribution < 1.29 is 0 Å². The van der Waals surface area contributed by atoms with Crippen LogP contribution in [0.4, 0.5) is 11.4 Å². The zero-order valence-corrected chi connectivity index (χ0v) is 31.6. The second-order valence-electron chi connectivity index (χ2n) is 14.3. The molecule has 0 bridgehead atoms. The number of para-hydroxylation sites is 2. The van der Waals surface area contributed by atoms with Crippen LogP contribution in [0.5, 0.6) is 0 Å². The molecule has 8 nitrogen and oxygen atoms in total. The van der Waals surface area contributed by atoms with Gasteiger partial charge in [-0.1, -0.05) is 66.7 Å². The zero-order valence-electron chi connectivity index (χ0n) is 31.6. The van der Waals surface area contributed by atoms with Crippen LogP contribution < -0.4 is 0 Å². The van der Waals surface area contributed by atoms with E-state index in [1.807, 2.05) is 72.8 Å². The fraction of sp³-hybridized carbons (Fsp3) is 0. The molecule has 0 amide bonds. The molecule has 0 aliphatic rings. The third-order valence-electron chi connectivity index (χ3n) is 11.2. The fourth-order valence-electron chi connectivity index (χ4n) is 8.47. The van der Waals surface area contributed by atoms with Crippen LogP contribution in [0.3, 0.4) is 0 Å². The minimum absolute atomic E-state index is 0.403. The van der Waals surface area contributed by atoms with Crippen molar-refractivity contribution in [3.8, 4) is 63.0 Å². The summed E-state index contributed by atoms with van der Waals surface area (Å²) in [5.74, 6) is 0. The first-order chi connectivity index (χ1) is 29.5. The Morgan fingerprint density at radius 1 is 0.467 bits per heavy atom. The smallest absolute Gasteiger partial charge is 0.196 e. The molecule has 7 aromatic carbocycles. The lowest BCUT2D eigenvalue weighted by Gasteiger charge is -2.18. The Kier molecular flexibility index (Phi) is 8.23. The van der Waals surface area contributed by atoms with Crippen molar-refractivity contribution in [2.75, 3.05) is 0 Å². The van der Waals surface area contributed by atoms with Gasteiger partial charge in [0.1, 0.15) is 11.6 Å². The molecule has 274 valence electrons. The quantitative estimate of drug-likeness (QED) is 0.163. The van der Waals surface area contributed by atoms with Gasteiger partial charge in [0.15, 0.2) is 11.4 Å². The molecule has 0 fully saturated rings. The van der Waals surface area contributed by atoms with Crippen molar-refractivity contribution in [3.05, 3.63) is 198 Å². The van der Waals surface area contributed by atoms with Crippen LogP contribution in [0.15, 0.2) is 158 Å². The molecule has 0 saturated heterocycles. The normalized spacial score (nSPS) is 10.9. The van der Waals surface area contributed by atoms with E-state index in [0.717, 1.165) is 77.0 Å². The highest BCUT2D eigenvalue weighted by Gasteiger charge is 2.23. The Morgan fingerprint density at radius 2 is 1.05 bits per heavy atom. The van der Waals surface area contributed by atoms with Crippen molar-refractivity contribution >= 4 is 55.0 Å². The summed E-state index contributed by atoms with van der Waals surface area (Å²) in [5, 5.41) is 34.8. The average Bonchev–Trinajstić information content (AvgIpc) is 3.82. The van der Waals surface area contributed by atoms with Crippen LogP contribution >= 0.6 is 0 Å². The Labute approximate surface area is 344 Å². The molecule has 0 aliphatic carbocycles. The maximum absolute atomic E-state index is 11.3. The van der Waals surface area contributed by atoms with Gasteiger partial charge in [0, 0.05) is 45.1 Å². The number of benzene rings is 7. The molecule has 0 atom stereocenters. The first-order valence-electron chi connectivity index (χ1n) is 18.9. The summed E-state index contributed by atoms with van der Waals surface area (Å²) in [6.45, 7) is 15.3. The predicted molar refractivity (Wildman–Crippen MR) is 236 cm³/mol. The van der Waals surface area contributed by atoms with Gasteiger partial charge in [-0.15, -0.1) is 0 Å². The number of rotatable bonds is 5. The molecule has 10 aromatic rings. The summed E-state index contributed by atoms with van der Waals surface area (Å²) >= 11 is 0. The molecular weight excluding hydrogens is 737 g/mol. The van der Waals surface area contributed by atoms with Gasteiger partial charge in [0.25, 0.3) is 0 Å². The van der Waals surface area contributed by atoms with Crippen LogP contribution in [0, 0.1) is 47.1 Å². The first-order valence-corrected chi connectivity index (χ1v) is 18.9. The van der Waals surface area contributed by atoms with E-state index in [1.165, 1.54) is 0 Å². The number of pyridine rings is 1. The zero-order chi connectivity index (χ0) is 40.9. The molecular formula is C52H26N8. The highest BCUT2D eigenvalue weighted by atomic mass is 15.0. The monoisotopic (exact) mass is 762 g/mol. The summed E-state index contributed by atoms with van der Waals surface area (Å²) in [4.78, 5) is 11.6. The Balaban J connectivity index is 1.27. The van der Waals surface area contributed by atoms with Crippen molar-refractivity contribution in [1.82, 2.24) is 14.1 Å². The van der Waals surface area contributed by atoms with Gasteiger partial charge in [-0.2, -0.15) is 15.8 Å². The van der Waals surface area contributed by atoms with Gasteiger partial charge < -0.3 is 9.13 Å². The SMILES string of the molecule is [C-]#[N+]c1ccc(-c2ccc3c(c2)c2ccccc2n3-c2cc(-c3ccncc3)cc(-n3c4ccccc4c4cc(-c5ccc(C#N)cc5[N+]#[C-])ccc43)c2C#N)c(C#N)c1. The van der Waals surface area contributed by atoms with Crippen LogP contribution in [-0.4, -0.2) is 14.1 Å². The molecule has 0 spiro atoms. The highest BCUT2D eigenvalue weighted by molar-refractivity contribution is 6.13. The van der Waals surface area contributed by atoms with E-state index >= 15 is 0 Å². The van der Waals surface area contributed by atoms with Crippen molar-refractivity contribution in [2.45, 2.75) is 0 Å². The fourth-order valence-corrected chi connectivity index (χ4v) is 8.47. The number of nitrogens with zero attached hydrogens (tertiary/aromatic N) is 8. The van der Waals surface area contributed by atoms with Crippen molar-refractivity contribution in [1.29, 1.82) is 15.8 Å². The maximum atomic E-state index is 11.3. The summed E-state index contributed by atoms with van der Waals surface area (Å²) in [7, 11) is 0. The van der Waals surface area contributed by atoms with Crippen LogP contribution in [0.2, 0.25) is 0 Å². The number of hydrogen-bond donors (Lipinski definition) is 0. The molecule has 0 unspecified atom stereocenters. The second kappa shape index (κ2) is 14.0. The summed E-state index contributed by atoms with van der Waals surface area (Å²) < 4.78 is 4.30. The molecule has 0 radical (unpaired) electrons. The Hall–Kier alpha value is -9.26. The largest absolute Gasteiger partial charge is 0.308 e. The third kappa shape index (κ3) is 5.45. The predicted octanol–water partition coefficient (Wildman–Crippen LogP) is 13.0. The Morgan fingerprint density at radius 3 is 1.62 bits per heavy atom. The minimum atomic E-state index is 0.403. The molecule has 10 rings (SSSR count). The van der Waals surface area contributed by atoms with Gasteiger partial charge >= 0.3 is 0 Å². The van der Waals surface area contributed by atoms with Gasteiger partial charge in [-0.3, -0.25) is 4.98 Å². The Bertz CT molecular complexity index is 3450. The van der Waals surface area contributed by atoms with E-state index < -0.39 is 0 Å². The first kappa shape index (κ1) is 35.2. The van der Waals surface area contributed by atoms with E-state index in [-0.39, 0.29) is 0 Å². The van der Waals surface area contributed by atoms with E-state index in [9.17, 15) is 15.8 Å². The lowest BCUT2D eigenvalue weighted by molar-refractivity contribution is 1.12. The number of hydrogen-bond acceptors (Lipinski definition) is 4. The molecule has 3 aromatic heterocycles. The number of fused-ring (bicyclic) bond motifs is 6.